The number of rotatable bonds is 6. The molecule has 25 heavy (non-hydrogen) atoms. The van der Waals surface area contributed by atoms with E-state index >= 15 is 0 Å². The van der Waals surface area contributed by atoms with Crippen LogP contribution < -0.4 is 5.43 Å². The molecule has 0 saturated heterocycles. The maximum atomic E-state index is 12.0. The van der Waals surface area contributed by atoms with Gasteiger partial charge in [-0.05, 0) is 48.4 Å². The first-order valence-corrected chi connectivity index (χ1v) is 9.59. The van der Waals surface area contributed by atoms with Crippen LogP contribution in [0.4, 0.5) is 0 Å². The maximum Gasteiger partial charge on any atom is 0.250 e. The number of aromatic hydroxyl groups is 1. The van der Waals surface area contributed by atoms with E-state index in [0.717, 1.165) is 25.8 Å². The molecule has 0 aliphatic carbocycles. The Hall–Kier alpha value is -2.38. The third-order valence-electron chi connectivity index (χ3n) is 3.45. The average Bonchev–Trinajstić information content (AvgIpc) is 3.05. The number of fused-ring (bicyclic) bond motifs is 1. The van der Waals surface area contributed by atoms with Crippen LogP contribution in [0.1, 0.15) is 18.9 Å². The minimum atomic E-state index is -0.172. The van der Waals surface area contributed by atoms with Crippen LogP contribution in [-0.2, 0) is 4.79 Å². The molecule has 0 bridgehead atoms. The van der Waals surface area contributed by atoms with Crippen LogP contribution >= 0.6 is 23.1 Å². The summed E-state index contributed by atoms with van der Waals surface area (Å²) in [4.78, 5) is 16.5. The Labute approximate surface area is 153 Å². The molecule has 5 nitrogen and oxygen atoms in total. The molecular formula is C18H17N3O2S2. The summed E-state index contributed by atoms with van der Waals surface area (Å²) < 4.78 is 1.98. The molecule has 0 unspecified atom stereocenters. The number of nitrogens with one attached hydrogen (secondary N) is 1. The molecule has 0 fully saturated rings. The zero-order chi connectivity index (χ0) is 17.6. The molecule has 0 aliphatic rings. The molecule has 0 atom stereocenters. The fourth-order valence-corrected chi connectivity index (χ4v) is 4.06. The highest BCUT2D eigenvalue weighted by molar-refractivity contribution is 8.01. The highest BCUT2D eigenvalue weighted by atomic mass is 32.2. The number of amides is 1. The SMILES string of the molecule is CC/C(=N\NC(=O)CSc1nc2ccccc2s1)c1ccc(O)cc1. The van der Waals surface area contributed by atoms with E-state index in [-0.39, 0.29) is 17.4 Å². The van der Waals surface area contributed by atoms with Gasteiger partial charge in [0.1, 0.15) is 5.75 Å². The highest BCUT2D eigenvalue weighted by Crippen LogP contribution is 2.29. The zero-order valence-electron chi connectivity index (χ0n) is 13.6. The molecular weight excluding hydrogens is 354 g/mol. The van der Waals surface area contributed by atoms with Crippen LogP contribution in [-0.4, -0.2) is 27.5 Å². The van der Waals surface area contributed by atoms with Crippen molar-refractivity contribution in [2.75, 3.05) is 5.75 Å². The van der Waals surface area contributed by atoms with E-state index in [0.29, 0.717) is 6.42 Å². The van der Waals surface area contributed by atoms with E-state index in [9.17, 15) is 9.90 Å². The topological polar surface area (TPSA) is 74.6 Å². The molecule has 3 rings (SSSR count). The Balaban J connectivity index is 1.58. The smallest absolute Gasteiger partial charge is 0.250 e. The van der Waals surface area contributed by atoms with Gasteiger partial charge in [0.15, 0.2) is 4.34 Å². The lowest BCUT2D eigenvalue weighted by Crippen LogP contribution is -2.21. The van der Waals surface area contributed by atoms with Crippen molar-refractivity contribution in [1.29, 1.82) is 0 Å². The average molecular weight is 371 g/mol. The fourth-order valence-electron chi connectivity index (χ4n) is 2.20. The van der Waals surface area contributed by atoms with E-state index in [4.69, 9.17) is 0 Å². The van der Waals surface area contributed by atoms with Crippen molar-refractivity contribution in [3.8, 4) is 5.75 Å². The molecule has 0 saturated carbocycles. The number of thiazole rings is 1. The number of phenols is 1. The standard InChI is InChI=1S/C18H17N3O2S2/c1-2-14(12-7-9-13(22)10-8-12)20-21-17(23)11-24-18-19-15-5-3-4-6-16(15)25-18/h3-10,22H,2,11H2,1H3,(H,21,23)/b20-14+. The number of carbonyl (C=O) groups excluding carboxylic acids is 1. The monoisotopic (exact) mass is 371 g/mol. The number of carbonyl (C=O) groups is 1. The zero-order valence-corrected chi connectivity index (χ0v) is 15.2. The molecule has 0 aliphatic heterocycles. The van der Waals surface area contributed by atoms with Crippen molar-refractivity contribution in [3.63, 3.8) is 0 Å². The van der Waals surface area contributed by atoms with Gasteiger partial charge in [-0.1, -0.05) is 30.8 Å². The second kappa shape index (κ2) is 8.13. The summed E-state index contributed by atoms with van der Waals surface area (Å²) in [5, 5.41) is 13.5. The number of para-hydroxylation sites is 1. The summed E-state index contributed by atoms with van der Waals surface area (Å²) in [5.41, 5.74) is 5.18. The molecule has 0 radical (unpaired) electrons. The molecule has 1 aromatic heterocycles. The number of aromatic nitrogens is 1. The van der Waals surface area contributed by atoms with E-state index in [1.807, 2.05) is 31.2 Å². The number of benzene rings is 2. The Morgan fingerprint density at radius 3 is 2.72 bits per heavy atom. The number of phenolic OH excluding ortho intramolecular Hbond substituents is 1. The summed E-state index contributed by atoms with van der Waals surface area (Å²) in [6.07, 6.45) is 0.677. The molecule has 0 spiro atoms. The van der Waals surface area contributed by atoms with Gasteiger partial charge in [0, 0.05) is 0 Å². The highest BCUT2D eigenvalue weighted by Gasteiger charge is 2.08. The third-order valence-corrected chi connectivity index (χ3v) is 5.63. The van der Waals surface area contributed by atoms with Crippen molar-refractivity contribution in [1.82, 2.24) is 10.4 Å². The largest absolute Gasteiger partial charge is 0.508 e. The van der Waals surface area contributed by atoms with Gasteiger partial charge in [-0.3, -0.25) is 4.79 Å². The first-order valence-electron chi connectivity index (χ1n) is 7.79. The molecule has 3 aromatic rings. The Kier molecular flexibility index (Phi) is 5.67. The van der Waals surface area contributed by atoms with Crippen LogP contribution in [0.25, 0.3) is 10.2 Å². The summed E-state index contributed by atoms with van der Waals surface area (Å²) in [7, 11) is 0. The molecule has 2 aromatic carbocycles. The van der Waals surface area contributed by atoms with Crippen molar-refractivity contribution >= 4 is 44.9 Å². The minimum absolute atomic E-state index is 0.172. The van der Waals surface area contributed by atoms with Crippen molar-refractivity contribution in [2.45, 2.75) is 17.7 Å². The Bertz CT molecular complexity index is 871. The first kappa shape index (κ1) is 17.4. The van der Waals surface area contributed by atoms with E-state index in [1.54, 1.807) is 35.6 Å². The molecule has 1 amide bonds. The number of hydrogen-bond donors (Lipinski definition) is 2. The fraction of sp³-hybridized carbons (Fsp3) is 0.167. The Morgan fingerprint density at radius 1 is 1.24 bits per heavy atom. The minimum Gasteiger partial charge on any atom is -0.508 e. The number of hydrazone groups is 1. The predicted molar refractivity (Wildman–Crippen MR) is 103 cm³/mol. The molecule has 7 heteroatoms. The summed E-state index contributed by atoms with van der Waals surface area (Å²) in [5.74, 6) is 0.292. The van der Waals surface area contributed by atoms with Crippen LogP contribution in [0.3, 0.4) is 0 Å². The molecule has 128 valence electrons. The van der Waals surface area contributed by atoms with Gasteiger partial charge in [-0.15, -0.1) is 11.3 Å². The van der Waals surface area contributed by atoms with Crippen molar-refractivity contribution in [2.24, 2.45) is 5.10 Å². The summed E-state index contributed by atoms with van der Waals surface area (Å²) >= 11 is 2.98. The van der Waals surface area contributed by atoms with Gasteiger partial charge in [0.25, 0.3) is 5.91 Å². The number of hydrogen-bond acceptors (Lipinski definition) is 6. The van der Waals surface area contributed by atoms with Gasteiger partial charge >= 0.3 is 0 Å². The maximum absolute atomic E-state index is 12.0. The quantitative estimate of drug-likeness (QED) is 0.390. The van der Waals surface area contributed by atoms with Crippen LogP contribution in [0, 0.1) is 0 Å². The third kappa shape index (κ3) is 4.58. The van der Waals surface area contributed by atoms with Gasteiger partial charge in [-0.25, -0.2) is 10.4 Å². The molecule has 2 N–H and O–H groups in total. The van der Waals surface area contributed by atoms with Gasteiger partial charge in [0.05, 0.1) is 21.7 Å². The lowest BCUT2D eigenvalue weighted by Gasteiger charge is -2.05. The number of nitrogens with zero attached hydrogens (tertiary/aromatic N) is 2. The van der Waals surface area contributed by atoms with Crippen LogP contribution in [0.15, 0.2) is 58.0 Å². The van der Waals surface area contributed by atoms with Gasteiger partial charge in [0.2, 0.25) is 0 Å². The normalized spacial score (nSPS) is 11.6. The lowest BCUT2D eigenvalue weighted by molar-refractivity contribution is -0.118. The van der Waals surface area contributed by atoms with Crippen molar-refractivity contribution < 1.29 is 9.90 Å². The summed E-state index contributed by atoms with van der Waals surface area (Å²) in [6.45, 7) is 1.97. The Morgan fingerprint density at radius 2 is 2.00 bits per heavy atom. The van der Waals surface area contributed by atoms with E-state index < -0.39 is 0 Å². The predicted octanol–water partition coefficient (Wildman–Crippen LogP) is 4.02. The lowest BCUT2D eigenvalue weighted by atomic mass is 10.1. The molecule has 1 heterocycles. The van der Waals surface area contributed by atoms with Crippen LogP contribution in [0.5, 0.6) is 5.75 Å². The second-order valence-corrected chi connectivity index (χ2v) is 7.48. The van der Waals surface area contributed by atoms with Crippen LogP contribution in [0.2, 0.25) is 0 Å². The summed E-state index contributed by atoms with van der Waals surface area (Å²) in [6, 6.07) is 14.7. The van der Waals surface area contributed by atoms with Gasteiger partial charge in [-0.2, -0.15) is 5.10 Å². The number of thioether (sulfide) groups is 1. The van der Waals surface area contributed by atoms with Crippen molar-refractivity contribution in [3.05, 3.63) is 54.1 Å². The van der Waals surface area contributed by atoms with E-state index in [1.165, 1.54) is 11.8 Å². The first-order chi connectivity index (χ1) is 12.2. The van der Waals surface area contributed by atoms with E-state index in [2.05, 4.69) is 15.5 Å². The van der Waals surface area contributed by atoms with Gasteiger partial charge < -0.3 is 5.11 Å². The second-order valence-electron chi connectivity index (χ2n) is 5.23.